The molecule has 1 saturated heterocycles. The van der Waals surface area contributed by atoms with Gasteiger partial charge in [0.15, 0.2) is 0 Å². The number of halogens is 1. The third-order valence-corrected chi connectivity index (χ3v) is 6.74. The Hall–Kier alpha value is -3.52. The Morgan fingerprint density at radius 2 is 1.91 bits per heavy atom. The van der Waals surface area contributed by atoms with Crippen LogP contribution in [0.3, 0.4) is 0 Å². The van der Waals surface area contributed by atoms with E-state index in [1.165, 1.54) is 12.1 Å². The van der Waals surface area contributed by atoms with E-state index in [4.69, 9.17) is 5.10 Å². The molecule has 1 atom stereocenters. The fourth-order valence-corrected chi connectivity index (χ4v) is 5.07. The number of nitrogens with zero attached hydrogens (tertiary/aromatic N) is 3. The molecule has 1 amide bonds. The van der Waals surface area contributed by atoms with Crippen LogP contribution in [0, 0.1) is 5.82 Å². The summed E-state index contributed by atoms with van der Waals surface area (Å²) in [5.74, 6) is 0.420. The molecule has 0 radical (unpaired) electrons. The monoisotopic (exact) mass is 448 g/mol. The van der Waals surface area contributed by atoms with Gasteiger partial charge < -0.3 is 15.0 Å². The van der Waals surface area contributed by atoms with Crippen LogP contribution in [0.2, 0.25) is 0 Å². The van der Waals surface area contributed by atoms with Crippen LogP contribution < -0.4 is 0 Å². The Balaban J connectivity index is 1.48. The summed E-state index contributed by atoms with van der Waals surface area (Å²) >= 11 is 1.58. The van der Waals surface area contributed by atoms with Crippen molar-refractivity contribution in [2.24, 2.45) is 0 Å². The lowest BCUT2D eigenvalue weighted by Gasteiger charge is -2.24. The van der Waals surface area contributed by atoms with Crippen LogP contribution in [-0.2, 0) is 11.2 Å². The summed E-state index contributed by atoms with van der Waals surface area (Å²) in [6.45, 7) is 0.563. The number of carbonyl (C=O) groups excluding carboxylic acids is 1. The molecule has 2 N–H and O–H groups in total. The van der Waals surface area contributed by atoms with Gasteiger partial charge >= 0.3 is 0 Å². The second-order valence-electron chi connectivity index (χ2n) is 7.60. The van der Waals surface area contributed by atoms with E-state index in [-0.39, 0.29) is 22.8 Å². The summed E-state index contributed by atoms with van der Waals surface area (Å²) in [5.41, 5.74) is 4.35. The van der Waals surface area contributed by atoms with Crippen molar-refractivity contribution >= 4 is 17.7 Å². The molecular formula is C24H21FN4O2S. The zero-order valence-corrected chi connectivity index (χ0v) is 17.9. The number of phenols is 1. The van der Waals surface area contributed by atoms with Gasteiger partial charge in [-0.2, -0.15) is 5.10 Å². The average Bonchev–Trinajstić information content (AvgIpc) is 3.53. The fourth-order valence-electron chi connectivity index (χ4n) is 3.85. The number of thioether (sulfide) groups is 1. The number of aromatic nitrogens is 3. The van der Waals surface area contributed by atoms with Crippen LogP contribution in [0.15, 0.2) is 73.1 Å². The Labute approximate surface area is 188 Å². The molecule has 32 heavy (non-hydrogen) atoms. The Kier molecular flexibility index (Phi) is 5.45. The van der Waals surface area contributed by atoms with Gasteiger partial charge in [-0.15, -0.1) is 11.8 Å². The molecule has 1 fully saturated rings. The van der Waals surface area contributed by atoms with Gasteiger partial charge in [-0.05, 0) is 60.5 Å². The highest BCUT2D eigenvalue weighted by molar-refractivity contribution is 8.00. The van der Waals surface area contributed by atoms with Gasteiger partial charge in [0.2, 0.25) is 5.91 Å². The molecule has 162 valence electrons. The van der Waals surface area contributed by atoms with Crippen molar-refractivity contribution in [2.75, 3.05) is 12.3 Å². The molecule has 0 aliphatic carbocycles. The number of benzene rings is 2. The molecule has 6 nitrogen and oxygen atoms in total. The van der Waals surface area contributed by atoms with E-state index in [2.05, 4.69) is 4.98 Å². The van der Waals surface area contributed by atoms with E-state index in [0.717, 1.165) is 28.2 Å². The van der Waals surface area contributed by atoms with Gasteiger partial charge in [0.1, 0.15) is 22.6 Å². The highest BCUT2D eigenvalue weighted by Gasteiger charge is 2.35. The minimum atomic E-state index is -0.303. The molecule has 0 unspecified atom stereocenters. The SMILES string of the molecule is O=C1CS[C@@H](c2cn(-c3ccc(F)cc3)nc2-c2ccc[nH]2)N1CCc1ccc(O)cc1. The maximum absolute atomic E-state index is 13.4. The van der Waals surface area contributed by atoms with Gasteiger partial charge in [-0.1, -0.05) is 12.1 Å². The summed E-state index contributed by atoms with van der Waals surface area (Å²) in [4.78, 5) is 17.8. The number of aromatic amines is 1. The number of H-pyrrole nitrogens is 1. The van der Waals surface area contributed by atoms with Crippen LogP contribution in [-0.4, -0.2) is 43.0 Å². The smallest absolute Gasteiger partial charge is 0.233 e. The Morgan fingerprint density at radius 1 is 1.12 bits per heavy atom. The summed E-state index contributed by atoms with van der Waals surface area (Å²) in [7, 11) is 0. The number of nitrogens with one attached hydrogen (secondary N) is 1. The Morgan fingerprint density at radius 3 is 2.62 bits per heavy atom. The zero-order valence-electron chi connectivity index (χ0n) is 17.1. The maximum Gasteiger partial charge on any atom is 0.233 e. The maximum atomic E-state index is 13.4. The number of phenolic OH excluding ortho intramolecular Hbond substituents is 1. The highest BCUT2D eigenvalue weighted by Crippen LogP contribution is 2.42. The predicted molar refractivity (Wildman–Crippen MR) is 122 cm³/mol. The minimum Gasteiger partial charge on any atom is -0.508 e. The number of amides is 1. The Bertz CT molecular complexity index is 1220. The van der Waals surface area contributed by atoms with Crippen LogP contribution in [0.1, 0.15) is 16.5 Å². The quantitative estimate of drug-likeness (QED) is 0.455. The van der Waals surface area contributed by atoms with Gasteiger partial charge in [0, 0.05) is 24.5 Å². The first kappa shape index (κ1) is 20.4. The van der Waals surface area contributed by atoms with Crippen LogP contribution >= 0.6 is 11.8 Å². The zero-order chi connectivity index (χ0) is 22.1. The van der Waals surface area contributed by atoms with E-state index >= 15 is 0 Å². The van der Waals surface area contributed by atoms with E-state index < -0.39 is 0 Å². The lowest BCUT2D eigenvalue weighted by Crippen LogP contribution is -2.30. The molecule has 2 aromatic carbocycles. The van der Waals surface area contributed by atoms with Gasteiger partial charge in [0.25, 0.3) is 0 Å². The van der Waals surface area contributed by atoms with E-state index in [9.17, 15) is 14.3 Å². The van der Waals surface area contributed by atoms with Gasteiger partial charge in [0.05, 0.1) is 17.1 Å². The van der Waals surface area contributed by atoms with Crippen LogP contribution in [0.25, 0.3) is 17.1 Å². The standard InChI is InChI=1S/C24H21FN4O2S/c25-17-5-7-18(8-6-17)29-14-20(23(27-29)21-2-1-12-26-21)24-28(22(31)15-32-24)13-11-16-3-9-19(30)10-4-16/h1-10,12,14,24,26,30H,11,13,15H2/t24-/m0/s1. The lowest BCUT2D eigenvalue weighted by atomic mass is 10.1. The van der Waals surface area contributed by atoms with Crippen molar-refractivity contribution in [1.29, 1.82) is 0 Å². The van der Waals surface area contributed by atoms with Crippen molar-refractivity contribution in [3.05, 3.63) is 90.0 Å². The van der Waals surface area contributed by atoms with E-state index in [0.29, 0.717) is 18.7 Å². The molecule has 0 spiro atoms. The first-order valence-corrected chi connectivity index (χ1v) is 11.3. The first-order valence-electron chi connectivity index (χ1n) is 10.3. The number of hydrogen-bond donors (Lipinski definition) is 2. The third-order valence-electron chi connectivity index (χ3n) is 5.50. The molecule has 3 heterocycles. The molecule has 1 aliphatic rings. The molecule has 4 aromatic rings. The van der Waals surface area contributed by atoms with Crippen molar-refractivity contribution in [2.45, 2.75) is 11.8 Å². The molecule has 0 saturated carbocycles. The fraction of sp³-hybridized carbons (Fsp3) is 0.167. The number of rotatable bonds is 6. The lowest BCUT2D eigenvalue weighted by molar-refractivity contribution is -0.128. The largest absolute Gasteiger partial charge is 0.508 e. The normalized spacial score (nSPS) is 16.1. The number of carbonyl (C=O) groups is 1. The van der Waals surface area contributed by atoms with Gasteiger partial charge in [-0.3, -0.25) is 4.79 Å². The van der Waals surface area contributed by atoms with E-state index in [1.807, 2.05) is 41.6 Å². The predicted octanol–water partition coefficient (Wildman–Crippen LogP) is 4.53. The van der Waals surface area contributed by atoms with Crippen molar-refractivity contribution in [1.82, 2.24) is 19.7 Å². The topological polar surface area (TPSA) is 74.2 Å². The van der Waals surface area contributed by atoms with Crippen molar-refractivity contribution < 1.29 is 14.3 Å². The summed E-state index contributed by atoms with van der Waals surface area (Å²) in [6.07, 6.45) is 4.45. The molecule has 5 rings (SSSR count). The van der Waals surface area contributed by atoms with Crippen molar-refractivity contribution in [3.63, 3.8) is 0 Å². The summed E-state index contributed by atoms with van der Waals surface area (Å²) < 4.78 is 15.1. The third kappa shape index (κ3) is 4.01. The van der Waals surface area contributed by atoms with Crippen LogP contribution in [0.4, 0.5) is 4.39 Å². The van der Waals surface area contributed by atoms with E-state index in [1.54, 1.807) is 40.7 Å². The summed E-state index contributed by atoms with van der Waals surface area (Å²) in [5, 5.41) is 14.1. The van der Waals surface area contributed by atoms with Gasteiger partial charge in [-0.25, -0.2) is 9.07 Å². The number of hydrogen-bond acceptors (Lipinski definition) is 4. The first-order chi connectivity index (χ1) is 15.6. The molecule has 0 bridgehead atoms. The molecule has 1 aliphatic heterocycles. The number of aromatic hydroxyl groups is 1. The molecular weight excluding hydrogens is 427 g/mol. The van der Waals surface area contributed by atoms with Crippen LogP contribution in [0.5, 0.6) is 5.75 Å². The second-order valence-corrected chi connectivity index (χ2v) is 8.67. The summed E-state index contributed by atoms with van der Waals surface area (Å²) in [6, 6.07) is 17.1. The molecule has 2 aromatic heterocycles. The minimum absolute atomic E-state index is 0.0887. The average molecular weight is 449 g/mol. The van der Waals surface area contributed by atoms with Crippen molar-refractivity contribution in [3.8, 4) is 22.8 Å². The molecule has 8 heteroatoms. The highest BCUT2D eigenvalue weighted by atomic mass is 32.2. The second kappa shape index (κ2) is 8.55.